The highest BCUT2D eigenvalue weighted by Gasteiger charge is 2.14. The number of hydrogen-bond acceptors (Lipinski definition) is 3. The molecule has 0 aliphatic carbocycles. The molecule has 0 spiro atoms. The molecule has 1 heterocycles. The number of hydrogen-bond donors (Lipinski definition) is 0. The first-order valence-electron chi connectivity index (χ1n) is 9.28. The van der Waals surface area contributed by atoms with Crippen molar-refractivity contribution in [1.82, 2.24) is 0 Å². The van der Waals surface area contributed by atoms with Crippen molar-refractivity contribution in [2.45, 2.75) is 33.1 Å². The SMILES string of the molecule is CCCCOc1ccc2cc(/C=C/c3ccc(CC)cc3)oc(=O)c2c1F. The van der Waals surface area contributed by atoms with Gasteiger partial charge in [0.05, 0.1) is 6.61 Å². The number of rotatable bonds is 7. The van der Waals surface area contributed by atoms with E-state index in [9.17, 15) is 9.18 Å². The molecule has 0 N–H and O–H groups in total. The lowest BCUT2D eigenvalue weighted by molar-refractivity contribution is 0.295. The molecule has 0 fully saturated rings. The molecule has 0 unspecified atom stereocenters. The van der Waals surface area contributed by atoms with Crippen LogP contribution in [0.25, 0.3) is 22.9 Å². The maximum absolute atomic E-state index is 14.6. The summed E-state index contributed by atoms with van der Waals surface area (Å²) in [7, 11) is 0. The zero-order valence-electron chi connectivity index (χ0n) is 15.6. The quantitative estimate of drug-likeness (QED) is 0.493. The highest BCUT2D eigenvalue weighted by molar-refractivity contribution is 5.85. The van der Waals surface area contributed by atoms with Gasteiger partial charge in [-0.3, -0.25) is 0 Å². The van der Waals surface area contributed by atoms with Gasteiger partial charge in [0.25, 0.3) is 0 Å². The topological polar surface area (TPSA) is 39.4 Å². The fourth-order valence-corrected chi connectivity index (χ4v) is 2.80. The first kappa shape index (κ1) is 18.9. The first-order valence-corrected chi connectivity index (χ1v) is 9.28. The molecule has 0 bridgehead atoms. The highest BCUT2D eigenvalue weighted by atomic mass is 19.1. The number of fused-ring (bicyclic) bond motifs is 1. The third-order valence-electron chi connectivity index (χ3n) is 4.43. The maximum atomic E-state index is 14.6. The van der Waals surface area contributed by atoms with Crippen LogP contribution in [-0.4, -0.2) is 6.61 Å². The average Bonchev–Trinajstić information content (AvgIpc) is 2.68. The molecule has 0 saturated carbocycles. The Morgan fingerprint density at radius 1 is 1.07 bits per heavy atom. The van der Waals surface area contributed by atoms with Gasteiger partial charge < -0.3 is 9.15 Å². The first-order chi connectivity index (χ1) is 13.1. The lowest BCUT2D eigenvalue weighted by atomic mass is 10.1. The van der Waals surface area contributed by atoms with Crippen LogP contribution < -0.4 is 10.4 Å². The van der Waals surface area contributed by atoms with E-state index in [1.165, 1.54) is 5.56 Å². The summed E-state index contributed by atoms with van der Waals surface area (Å²) in [4.78, 5) is 12.3. The van der Waals surface area contributed by atoms with E-state index in [-0.39, 0.29) is 11.1 Å². The number of halogens is 1. The van der Waals surface area contributed by atoms with Crippen molar-refractivity contribution in [2.75, 3.05) is 6.61 Å². The van der Waals surface area contributed by atoms with Crippen molar-refractivity contribution in [2.24, 2.45) is 0 Å². The van der Waals surface area contributed by atoms with E-state index < -0.39 is 11.4 Å². The second kappa shape index (κ2) is 8.67. The van der Waals surface area contributed by atoms with E-state index in [1.807, 2.05) is 25.1 Å². The monoisotopic (exact) mass is 366 g/mol. The second-order valence-corrected chi connectivity index (χ2v) is 6.41. The molecule has 27 heavy (non-hydrogen) atoms. The van der Waals surface area contributed by atoms with Gasteiger partial charge in [0, 0.05) is 0 Å². The van der Waals surface area contributed by atoms with Crippen LogP contribution in [0.5, 0.6) is 5.75 Å². The summed E-state index contributed by atoms with van der Waals surface area (Å²) in [6.07, 6.45) is 6.34. The fourth-order valence-electron chi connectivity index (χ4n) is 2.80. The van der Waals surface area contributed by atoms with Gasteiger partial charge in [0.15, 0.2) is 11.6 Å². The van der Waals surface area contributed by atoms with Gasteiger partial charge in [-0.1, -0.05) is 56.7 Å². The largest absolute Gasteiger partial charge is 0.490 e. The summed E-state index contributed by atoms with van der Waals surface area (Å²) in [5.74, 6) is -0.197. The standard InChI is InChI=1S/C23H23FO3/c1-3-5-14-26-20-13-11-18-15-19(27-23(25)21(18)22(20)24)12-10-17-8-6-16(4-2)7-9-17/h6-13,15H,3-5,14H2,1-2H3/b12-10+. The number of benzene rings is 2. The molecule has 0 saturated heterocycles. The van der Waals surface area contributed by atoms with Gasteiger partial charge in [0.2, 0.25) is 0 Å². The van der Waals surface area contributed by atoms with E-state index in [0.717, 1.165) is 24.8 Å². The van der Waals surface area contributed by atoms with Crippen molar-refractivity contribution in [1.29, 1.82) is 0 Å². The molecule has 0 aliphatic rings. The van der Waals surface area contributed by atoms with Crippen LogP contribution in [-0.2, 0) is 6.42 Å². The number of aryl methyl sites for hydroxylation is 1. The smallest absolute Gasteiger partial charge is 0.347 e. The van der Waals surface area contributed by atoms with E-state index >= 15 is 0 Å². The van der Waals surface area contributed by atoms with Crippen molar-refractivity contribution in [3.05, 3.63) is 75.6 Å². The Morgan fingerprint density at radius 2 is 1.85 bits per heavy atom. The molecule has 140 valence electrons. The van der Waals surface area contributed by atoms with Crippen molar-refractivity contribution < 1.29 is 13.5 Å². The van der Waals surface area contributed by atoms with Crippen molar-refractivity contribution in [3.63, 3.8) is 0 Å². The zero-order chi connectivity index (χ0) is 19.2. The predicted molar refractivity (Wildman–Crippen MR) is 108 cm³/mol. The van der Waals surface area contributed by atoms with Gasteiger partial charge >= 0.3 is 5.63 Å². The van der Waals surface area contributed by atoms with Crippen LogP contribution in [0.3, 0.4) is 0 Å². The molecule has 0 amide bonds. The Kier molecular flexibility index (Phi) is 6.07. The minimum Gasteiger partial charge on any atom is -0.490 e. The van der Waals surface area contributed by atoms with Crippen molar-refractivity contribution in [3.8, 4) is 5.75 Å². The van der Waals surface area contributed by atoms with Crippen LogP contribution in [0.1, 0.15) is 43.6 Å². The normalized spacial score (nSPS) is 11.4. The van der Waals surface area contributed by atoms with Crippen LogP contribution in [0.15, 0.2) is 51.7 Å². The Hall–Kier alpha value is -2.88. The Morgan fingerprint density at radius 3 is 2.56 bits per heavy atom. The van der Waals surface area contributed by atoms with Crippen molar-refractivity contribution >= 4 is 22.9 Å². The summed E-state index contributed by atoms with van der Waals surface area (Å²) in [6, 6.07) is 13.0. The third-order valence-corrected chi connectivity index (χ3v) is 4.43. The fraction of sp³-hybridized carbons (Fsp3) is 0.261. The lowest BCUT2D eigenvalue weighted by Crippen LogP contribution is -2.06. The van der Waals surface area contributed by atoms with E-state index in [2.05, 4.69) is 19.1 Å². The summed E-state index contributed by atoms with van der Waals surface area (Å²) in [5, 5.41) is 0.418. The Balaban J connectivity index is 1.88. The molecule has 2 aromatic carbocycles. The number of ether oxygens (including phenoxy) is 1. The molecular weight excluding hydrogens is 343 g/mol. The molecule has 4 heteroatoms. The van der Waals surface area contributed by atoms with Gasteiger partial charge in [0.1, 0.15) is 11.1 Å². The van der Waals surface area contributed by atoms with Crippen LogP contribution in [0, 0.1) is 5.82 Å². The minimum atomic E-state index is -0.702. The summed E-state index contributed by atoms with van der Waals surface area (Å²) in [6.45, 7) is 4.55. The van der Waals surface area contributed by atoms with E-state index in [4.69, 9.17) is 9.15 Å². The third kappa shape index (κ3) is 4.45. The molecule has 0 radical (unpaired) electrons. The highest BCUT2D eigenvalue weighted by Crippen LogP contribution is 2.25. The van der Waals surface area contributed by atoms with Crippen LogP contribution >= 0.6 is 0 Å². The lowest BCUT2D eigenvalue weighted by Gasteiger charge is -2.08. The summed E-state index contributed by atoms with van der Waals surface area (Å²) >= 11 is 0. The molecule has 0 aliphatic heterocycles. The predicted octanol–water partition coefficient (Wildman–Crippen LogP) is 5.84. The Bertz CT molecular complexity index is 1000. The summed E-state index contributed by atoms with van der Waals surface area (Å²) < 4.78 is 25.3. The molecule has 3 aromatic rings. The van der Waals surface area contributed by atoms with Gasteiger partial charge in [-0.25, -0.2) is 9.18 Å². The average molecular weight is 366 g/mol. The molecular formula is C23H23FO3. The molecule has 0 atom stereocenters. The second-order valence-electron chi connectivity index (χ2n) is 6.41. The van der Waals surface area contributed by atoms with Crippen LogP contribution in [0.4, 0.5) is 4.39 Å². The minimum absolute atomic E-state index is 0.0755. The van der Waals surface area contributed by atoms with E-state index in [1.54, 1.807) is 24.3 Å². The maximum Gasteiger partial charge on any atom is 0.347 e. The van der Waals surface area contributed by atoms with Gasteiger partial charge in [-0.15, -0.1) is 0 Å². The molecule has 3 rings (SSSR count). The van der Waals surface area contributed by atoms with E-state index in [0.29, 0.717) is 17.8 Å². The number of unbranched alkanes of at least 4 members (excludes halogenated alkanes) is 1. The molecule has 1 aromatic heterocycles. The van der Waals surface area contributed by atoms with Crippen LogP contribution in [0.2, 0.25) is 0 Å². The Labute approximate surface area is 158 Å². The van der Waals surface area contributed by atoms with Gasteiger partial charge in [-0.2, -0.15) is 0 Å². The summed E-state index contributed by atoms with van der Waals surface area (Å²) in [5.41, 5.74) is 1.56. The zero-order valence-corrected chi connectivity index (χ0v) is 15.6. The molecule has 3 nitrogen and oxygen atoms in total. The van der Waals surface area contributed by atoms with Gasteiger partial charge in [-0.05, 0) is 47.6 Å².